The SMILES string of the molecule is CCc1nc(CC)n(-c2c(C(=O)O)cccc2[N+](=O)[O-])n1. The number of rotatable bonds is 5. The maximum atomic E-state index is 11.4. The third-order valence-corrected chi connectivity index (χ3v) is 3.00. The highest BCUT2D eigenvalue weighted by Gasteiger charge is 2.26. The average Bonchev–Trinajstić information content (AvgIpc) is 2.89. The summed E-state index contributed by atoms with van der Waals surface area (Å²) in [5.74, 6) is -0.241. The molecule has 0 saturated carbocycles. The van der Waals surface area contributed by atoms with Crippen molar-refractivity contribution in [1.82, 2.24) is 14.8 Å². The van der Waals surface area contributed by atoms with Gasteiger partial charge in [-0.25, -0.2) is 14.5 Å². The number of aromatic carboxylic acids is 1. The van der Waals surface area contributed by atoms with Crippen molar-refractivity contribution in [2.24, 2.45) is 0 Å². The van der Waals surface area contributed by atoms with Crippen molar-refractivity contribution < 1.29 is 14.8 Å². The van der Waals surface area contributed by atoms with Gasteiger partial charge in [-0.2, -0.15) is 5.10 Å². The van der Waals surface area contributed by atoms with E-state index in [0.29, 0.717) is 24.5 Å². The monoisotopic (exact) mass is 290 g/mol. The van der Waals surface area contributed by atoms with Crippen LogP contribution in [0, 0.1) is 10.1 Å². The molecule has 2 rings (SSSR count). The number of carboxylic acid groups (broad SMARTS) is 1. The van der Waals surface area contributed by atoms with Crippen molar-refractivity contribution in [3.63, 3.8) is 0 Å². The number of aromatic nitrogens is 3. The molecule has 8 nitrogen and oxygen atoms in total. The van der Waals surface area contributed by atoms with Gasteiger partial charge < -0.3 is 5.11 Å². The number of hydrogen-bond donors (Lipinski definition) is 1. The van der Waals surface area contributed by atoms with Gasteiger partial charge in [-0.1, -0.05) is 19.9 Å². The van der Waals surface area contributed by atoms with Crippen LogP contribution in [0.15, 0.2) is 18.2 Å². The van der Waals surface area contributed by atoms with Gasteiger partial charge in [0.05, 0.1) is 10.5 Å². The van der Waals surface area contributed by atoms with Gasteiger partial charge in [0.2, 0.25) is 0 Å². The minimum absolute atomic E-state index is 0.0564. The smallest absolute Gasteiger partial charge is 0.338 e. The summed E-state index contributed by atoms with van der Waals surface area (Å²) >= 11 is 0. The zero-order valence-corrected chi connectivity index (χ0v) is 11.6. The average molecular weight is 290 g/mol. The first-order valence-corrected chi connectivity index (χ1v) is 6.45. The first-order chi connectivity index (χ1) is 9.99. The number of nitrogens with zero attached hydrogens (tertiary/aromatic N) is 4. The van der Waals surface area contributed by atoms with E-state index in [9.17, 15) is 20.0 Å². The van der Waals surface area contributed by atoms with E-state index in [4.69, 9.17) is 0 Å². The Kier molecular flexibility index (Phi) is 3.97. The number of carboxylic acids is 1. The fourth-order valence-electron chi connectivity index (χ4n) is 2.02. The van der Waals surface area contributed by atoms with Crippen molar-refractivity contribution in [2.45, 2.75) is 26.7 Å². The molecule has 8 heteroatoms. The summed E-state index contributed by atoms with van der Waals surface area (Å²) in [6, 6.07) is 3.92. The van der Waals surface area contributed by atoms with E-state index in [1.165, 1.54) is 22.9 Å². The molecule has 1 N–H and O–H groups in total. The Morgan fingerprint density at radius 2 is 2.10 bits per heavy atom. The molecule has 0 radical (unpaired) electrons. The Balaban J connectivity index is 2.80. The Morgan fingerprint density at radius 3 is 2.62 bits per heavy atom. The van der Waals surface area contributed by atoms with Crippen molar-refractivity contribution in [3.8, 4) is 5.69 Å². The number of nitro groups is 1. The Hall–Kier alpha value is -2.77. The van der Waals surface area contributed by atoms with Crippen LogP contribution in [0.5, 0.6) is 0 Å². The van der Waals surface area contributed by atoms with Gasteiger partial charge in [0.15, 0.2) is 11.5 Å². The molecule has 1 aromatic carbocycles. The van der Waals surface area contributed by atoms with Crippen LogP contribution in [0.25, 0.3) is 5.69 Å². The molecule has 110 valence electrons. The highest BCUT2D eigenvalue weighted by atomic mass is 16.6. The second-order valence-corrected chi connectivity index (χ2v) is 4.30. The number of hydrogen-bond acceptors (Lipinski definition) is 5. The lowest BCUT2D eigenvalue weighted by molar-refractivity contribution is -0.384. The van der Waals surface area contributed by atoms with E-state index in [0.717, 1.165) is 0 Å². The van der Waals surface area contributed by atoms with Gasteiger partial charge in [0.1, 0.15) is 5.82 Å². The lowest BCUT2D eigenvalue weighted by Gasteiger charge is -2.08. The van der Waals surface area contributed by atoms with Crippen molar-refractivity contribution in [3.05, 3.63) is 45.5 Å². The van der Waals surface area contributed by atoms with Crippen LogP contribution in [-0.4, -0.2) is 30.8 Å². The summed E-state index contributed by atoms with van der Waals surface area (Å²) in [7, 11) is 0. The topological polar surface area (TPSA) is 111 Å². The van der Waals surface area contributed by atoms with Crippen LogP contribution in [0.2, 0.25) is 0 Å². The summed E-state index contributed by atoms with van der Waals surface area (Å²) in [5, 5.41) is 24.7. The van der Waals surface area contributed by atoms with Crippen LogP contribution < -0.4 is 0 Å². The highest BCUT2D eigenvalue weighted by molar-refractivity contribution is 5.93. The molecular weight excluding hydrogens is 276 g/mol. The summed E-state index contributed by atoms with van der Waals surface area (Å²) in [6.07, 6.45) is 1.04. The number of benzene rings is 1. The van der Waals surface area contributed by atoms with Gasteiger partial charge in [0, 0.05) is 18.9 Å². The number of carbonyl (C=O) groups is 1. The van der Waals surface area contributed by atoms with Crippen LogP contribution in [-0.2, 0) is 12.8 Å². The summed E-state index contributed by atoms with van der Waals surface area (Å²) in [6.45, 7) is 3.69. The van der Waals surface area contributed by atoms with Gasteiger partial charge >= 0.3 is 5.97 Å². The first kappa shape index (κ1) is 14.6. The molecule has 2 aromatic rings. The zero-order chi connectivity index (χ0) is 15.6. The molecule has 0 spiro atoms. The summed E-state index contributed by atoms with van der Waals surface area (Å²) < 4.78 is 1.26. The Bertz CT molecular complexity index is 676. The molecule has 0 aliphatic heterocycles. The zero-order valence-electron chi connectivity index (χ0n) is 11.6. The van der Waals surface area contributed by atoms with Crippen molar-refractivity contribution in [1.29, 1.82) is 0 Å². The van der Waals surface area contributed by atoms with E-state index in [1.807, 2.05) is 13.8 Å². The quantitative estimate of drug-likeness (QED) is 0.666. The normalized spacial score (nSPS) is 10.6. The number of para-hydroxylation sites is 1. The van der Waals surface area contributed by atoms with Crippen molar-refractivity contribution >= 4 is 11.7 Å². The Morgan fingerprint density at radius 1 is 1.38 bits per heavy atom. The maximum Gasteiger partial charge on any atom is 0.338 e. The molecule has 0 fully saturated rings. The molecule has 0 aliphatic rings. The predicted molar refractivity (Wildman–Crippen MR) is 73.7 cm³/mol. The van der Waals surface area contributed by atoms with Crippen LogP contribution >= 0.6 is 0 Å². The summed E-state index contributed by atoms with van der Waals surface area (Å²) in [4.78, 5) is 26.2. The predicted octanol–water partition coefficient (Wildman–Crippen LogP) is 2.00. The van der Waals surface area contributed by atoms with E-state index in [1.54, 1.807) is 0 Å². The molecular formula is C13H14N4O4. The molecule has 0 unspecified atom stereocenters. The minimum Gasteiger partial charge on any atom is -0.478 e. The molecule has 1 aromatic heterocycles. The molecule has 0 aliphatic carbocycles. The van der Waals surface area contributed by atoms with E-state index in [2.05, 4.69) is 10.1 Å². The highest BCUT2D eigenvalue weighted by Crippen LogP contribution is 2.27. The first-order valence-electron chi connectivity index (χ1n) is 6.45. The van der Waals surface area contributed by atoms with Gasteiger partial charge in [0.25, 0.3) is 5.69 Å². The second kappa shape index (κ2) is 5.70. The molecule has 0 bridgehead atoms. The van der Waals surface area contributed by atoms with Crippen LogP contribution in [0.1, 0.15) is 35.9 Å². The summed E-state index contributed by atoms with van der Waals surface area (Å²) in [5.41, 5.74) is -0.539. The van der Waals surface area contributed by atoms with Gasteiger partial charge in [-0.15, -0.1) is 0 Å². The van der Waals surface area contributed by atoms with E-state index < -0.39 is 10.9 Å². The van der Waals surface area contributed by atoms with Gasteiger partial charge in [-0.3, -0.25) is 10.1 Å². The third-order valence-electron chi connectivity index (χ3n) is 3.00. The number of aryl methyl sites for hydroxylation is 2. The van der Waals surface area contributed by atoms with Gasteiger partial charge in [-0.05, 0) is 6.07 Å². The maximum absolute atomic E-state index is 11.4. The minimum atomic E-state index is -1.25. The fraction of sp³-hybridized carbons (Fsp3) is 0.308. The fourth-order valence-corrected chi connectivity index (χ4v) is 2.02. The molecule has 0 saturated heterocycles. The number of nitro benzene ring substituents is 1. The van der Waals surface area contributed by atoms with E-state index >= 15 is 0 Å². The van der Waals surface area contributed by atoms with Crippen molar-refractivity contribution in [2.75, 3.05) is 0 Å². The van der Waals surface area contributed by atoms with E-state index in [-0.39, 0.29) is 16.9 Å². The standard InChI is InChI=1S/C13H14N4O4/c1-3-10-14-11(4-2)16(15-10)12-8(13(18)19)6-5-7-9(12)17(20)21/h5-7H,3-4H2,1-2H3,(H,18,19). The van der Waals surface area contributed by atoms with Crippen LogP contribution in [0.4, 0.5) is 5.69 Å². The third kappa shape index (κ3) is 2.60. The lowest BCUT2D eigenvalue weighted by Crippen LogP contribution is -2.12. The largest absolute Gasteiger partial charge is 0.478 e. The Labute approximate surface area is 120 Å². The second-order valence-electron chi connectivity index (χ2n) is 4.30. The van der Waals surface area contributed by atoms with Crippen LogP contribution in [0.3, 0.4) is 0 Å². The molecule has 1 heterocycles. The molecule has 0 atom stereocenters. The lowest BCUT2D eigenvalue weighted by atomic mass is 10.1. The molecule has 0 amide bonds. The molecule has 21 heavy (non-hydrogen) atoms.